The molecular formula is C17H25NO2S. The Bertz CT molecular complexity index is 432. The van der Waals surface area contributed by atoms with Crippen molar-refractivity contribution in [3.63, 3.8) is 0 Å². The molecule has 2 rings (SSSR count). The van der Waals surface area contributed by atoms with E-state index < -0.39 is 0 Å². The van der Waals surface area contributed by atoms with Gasteiger partial charge in [0.1, 0.15) is 0 Å². The summed E-state index contributed by atoms with van der Waals surface area (Å²) in [5.74, 6) is 0.772. The first kappa shape index (κ1) is 16.4. The first-order chi connectivity index (χ1) is 10.2. The number of thioether (sulfide) groups is 1. The minimum Gasteiger partial charge on any atom is -0.381 e. The highest BCUT2D eigenvalue weighted by atomic mass is 32.2. The van der Waals surface area contributed by atoms with Gasteiger partial charge in [-0.25, -0.2) is 0 Å². The van der Waals surface area contributed by atoms with E-state index in [2.05, 4.69) is 26.0 Å². The van der Waals surface area contributed by atoms with Crippen LogP contribution in [-0.4, -0.2) is 42.4 Å². The van der Waals surface area contributed by atoms with E-state index in [1.165, 1.54) is 0 Å². The van der Waals surface area contributed by atoms with Gasteiger partial charge in [-0.3, -0.25) is 4.79 Å². The molecule has 4 heteroatoms. The van der Waals surface area contributed by atoms with Crippen LogP contribution < -0.4 is 0 Å². The van der Waals surface area contributed by atoms with E-state index in [-0.39, 0.29) is 11.2 Å². The van der Waals surface area contributed by atoms with E-state index in [1.807, 2.05) is 23.1 Å². The number of carbonyl (C=O) groups is 1. The van der Waals surface area contributed by atoms with Gasteiger partial charge < -0.3 is 9.64 Å². The van der Waals surface area contributed by atoms with Crippen molar-refractivity contribution in [3.8, 4) is 0 Å². The van der Waals surface area contributed by atoms with Crippen LogP contribution in [0.2, 0.25) is 0 Å². The van der Waals surface area contributed by atoms with Crippen molar-refractivity contribution in [1.82, 2.24) is 4.90 Å². The van der Waals surface area contributed by atoms with Crippen molar-refractivity contribution < 1.29 is 9.53 Å². The van der Waals surface area contributed by atoms with Gasteiger partial charge in [0.15, 0.2) is 0 Å². The molecule has 0 spiro atoms. The van der Waals surface area contributed by atoms with Crippen LogP contribution in [0, 0.1) is 5.92 Å². The summed E-state index contributed by atoms with van der Waals surface area (Å²) in [7, 11) is 0. The highest BCUT2D eigenvalue weighted by Gasteiger charge is 2.26. The zero-order valence-electron chi connectivity index (χ0n) is 13.0. The van der Waals surface area contributed by atoms with E-state index in [0.29, 0.717) is 5.92 Å². The summed E-state index contributed by atoms with van der Waals surface area (Å²) >= 11 is 1.68. The quantitative estimate of drug-likeness (QED) is 0.723. The Morgan fingerprint density at radius 2 is 2.14 bits per heavy atom. The molecule has 0 bridgehead atoms. The van der Waals surface area contributed by atoms with E-state index in [0.717, 1.165) is 44.0 Å². The molecule has 1 saturated heterocycles. The second-order valence-corrected chi connectivity index (χ2v) is 6.71. The molecule has 1 amide bonds. The summed E-state index contributed by atoms with van der Waals surface area (Å²) in [6.45, 7) is 7.40. The molecule has 3 nitrogen and oxygen atoms in total. The van der Waals surface area contributed by atoms with Gasteiger partial charge in [0, 0.05) is 30.5 Å². The number of nitrogens with zero attached hydrogens (tertiary/aromatic N) is 1. The summed E-state index contributed by atoms with van der Waals surface area (Å²) in [5, 5.41) is 0.00896. The van der Waals surface area contributed by atoms with E-state index in [9.17, 15) is 4.79 Å². The Balaban J connectivity index is 1.96. The smallest absolute Gasteiger partial charge is 0.236 e. The number of carbonyl (C=O) groups excluding carboxylic acids is 1. The molecule has 0 N–H and O–H groups in total. The van der Waals surface area contributed by atoms with Gasteiger partial charge in [-0.05, 0) is 31.9 Å². The Kier molecular flexibility index (Phi) is 6.58. The zero-order valence-corrected chi connectivity index (χ0v) is 13.8. The van der Waals surface area contributed by atoms with Gasteiger partial charge in [0.05, 0.1) is 11.9 Å². The first-order valence-corrected chi connectivity index (χ1v) is 8.70. The fourth-order valence-electron chi connectivity index (χ4n) is 2.59. The van der Waals surface area contributed by atoms with E-state index in [4.69, 9.17) is 4.74 Å². The van der Waals surface area contributed by atoms with Gasteiger partial charge in [-0.2, -0.15) is 0 Å². The molecular weight excluding hydrogens is 282 g/mol. The maximum atomic E-state index is 12.8. The van der Waals surface area contributed by atoms with Crippen molar-refractivity contribution in [2.75, 3.05) is 26.3 Å². The average molecular weight is 307 g/mol. The molecule has 2 atom stereocenters. The minimum absolute atomic E-state index is 0.00896. The van der Waals surface area contributed by atoms with Crippen LogP contribution in [0.25, 0.3) is 0 Å². The summed E-state index contributed by atoms with van der Waals surface area (Å²) in [6, 6.07) is 10.2. The molecule has 1 aliphatic rings. The maximum absolute atomic E-state index is 12.8. The summed E-state index contributed by atoms with van der Waals surface area (Å²) in [6.07, 6.45) is 1.93. The van der Waals surface area contributed by atoms with Crippen LogP contribution in [0.1, 0.15) is 26.7 Å². The van der Waals surface area contributed by atoms with E-state index >= 15 is 0 Å². The number of ether oxygens (including phenoxy) is 1. The number of rotatable bonds is 7. The highest BCUT2D eigenvalue weighted by molar-refractivity contribution is 8.00. The molecule has 2 unspecified atom stereocenters. The Hall–Kier alpha value is -1.00. The summed E-state index contributed by atoms with van der Waals surface area (Å²) in [5.41, 5.74) is 0. The van der Waals surface area contributed by atoms with Crippen LogP contribution in [0.15, 0.2) is 35.2 Å². The summed E-state index contributed by atoms with van der Waals surface area (Å²) < 4.78 is 5.42. The molecule has 1 aliphatic heterocycles. The van der Waals surface area contributed by atoms with Crippen LogP contribution >= 0.6 is 11.8 Å². The molecule has 1 aromatic carbocycles. The maximum Gasteiger partial charge on any atom is 0.236 e. The van der Waals surface area contributed by atoms with Crippen LogP contribution in [0.4, 0.5) is 0 Å². The normalized spacial score (nSPS) is 19.4. The van der Waals surface area contributed by atoms with Crippen molar-refractivity contribution in [2.45, 2.75) is 36.8 Å². The second-order valence-electron chi connectivity index (χ2n) is 5.43. The molecule has 1 heterocycles. The standard InChI is InChI=1S/C17H25NO2S/c1-3-16(21-15-8-6-5-7-9-15)17(19)18(4-2)12-14-10-11-20-13-14/h5-9,14,16H,3-4,10-13H2,1-2H3. The van der Waals surface area contributed by atoms with Gasteiger partial charge in [0.2, 0.25) is 5.91 Å². The van der Waals surface area contributed by atoms with E-state index in [1.54, 1.807) is 11.8 Å². The van der Waals surface area contributed by atoms with Gasteiger partial charge in [-0.1, -0.05) is 25.1 Å². The zero-order chi connectivity index (χ0) is 15.1. The Morgan fingerprint density at radius 3 is 2.71 bits per heavy atom. The Labute approximate surface area is 132 Å². The number of amides is 1. The molecule has 0 saturated carbocycles. The largest absolute Gasteiger partial charge is 0.381 e. The molecule has 21 heavy (non-hydrogen) atoms. The lowest BCUT2D eigenvalue weighted by Gasteiger charge is -2.27. The predicted octanol–water partition coefficient (Wildman–Crippen LogP) is 3.44. The summed E-state index contributed by atoms with van der Waals surface area (Å²) in [4.78, 5) is 15.9. The SMILES string of the molecule is CCC(Sc1ccccc1)C(=O)N(CC)CC1CCOC1. The van der Waals surface area contributed by atoms with Gasteiger partial charge in [0.25, 0.3) is 0 Å². The monoisotopic (exact) mass is 307 g/mol. The first-order valence-electron chi connectivity index (χ1n) is 7.82. The predicted molar refractivity (Wildman–Crippen MR) is 87.6 cm³/mol. The third-order valence-corrected chi connectivity index (χ3v) is 5.23. The fraction of sp³-hybridized carbons (Fsp3) is 0.588. The van der Waals surface area contributed by atoms with Crippen molar-refractivity contribution in [2.24, 2.45) is 5.92 Å². The Morgan fingerprint density at radius 1 is 1.38 bits per heavy atom. The van der Waals surface area contributed by atoms with Crippen molar-refractivity contribution >= 4 is 17.7 Å². The number of hydrogen-bond donors (Lipinski definition) is 0. The topological polar surface area (TPSA) is 29.5 Å². The van der Waals surface area contributed by atoms with Crippen molar-refractivity contribution in [1.29, 1.82) is 0 Å². The van der Waals surface area contributed by atoms with Crippen LogP contribution in [0.3, 0.4) is 0 Å². The van der Waals surface area contributed by atoms with Crippen molar-refractivity contribution in [3.05, 3.63) is 30.3 Å². The average Bonchev–Trinajstić information content (AvgIpc) is 3.03. The highest BCUT2D eigenvalue weighted by Crippen LogP contribution is 2.27. The third-order valence-electron chi connectivity index (χ3n) is 3.86. The molecule has 1 fully saturated rings. The lowest BCUT2D eigenvalue weighted by atomic mass is 10.1. The van der Waals surface area contributed by atoms with Gasteiger partial charge >= 0.3 is 0 Å². The lowest BCUT2D eigenvalue weighted by molar-refractivity contribution is -0.131. The molecule has 116 valence electrons. The number of hydrogen-bond acceptors (Lipinski definition) is 3. The molecule has 0 aliphatic carbocycles. The third kappa shape index (κ3) is 4.75. The number of benzene rings is 1. The molecule has 0 radical (unpaired) electrons. The fourth-order valence-corrected chi connectivity index (χ4v) is 3.65. The minimum atomic E-state index is 0.00896. The van der Waals surface area contributed by atoms with Crippen LogP contribution in [-0.2, 0) is 9.53 Å². The second kappa shape index (κ2) is 8.44. The molecule has 0 aromatic heterocycles. The lowest BCUT2D eigenvalue weighted by Crippen LogP contribution is -2.40. The molecule has 1 aromatic rings. The van der Waals surface area contributed by atoms with Crippen LogP contribution in [0.5, 0.6) is 0 Å². The van der Waals surface area contributed by atoms with Gasteiger partial charge in [-0.15, -0.1) is 11.8 Å².